The zero-order valence-electron chi connectivity index (χ0n) is 24.8. The van der Waals surface area contributed by atoms with E-state index < -0.39 is 24.0 Å². The van der Waals surface area contributed by atoms with Gasteiger partial charge in [-0.25, -0.2) is 9.78 Å². The molecule has 1 aromatic heterocycles. The van der Waals surface area contributed by atoms with E-state index in [2.05, 4.69) is 20.6 Å². The van der Waals surface area contributed by atoms with Crippen molar-refractivity contribution in [2.24, 2.45) is 0 Å². The Morgan fingerprint density at radius 3 is 2.22 bits per heavy atom. The summed E-state index contributed by atoms with van der Waals surface area (Å²) >= 11 is 10.9. The van der Waals surface area contributed by atoms with Crippen molar-refractivity contribution in [3.8, 4) is 0 Å². The second kappa shape index (κ2) is 15.4. The van der Waals surface area contributed by atoms with Gasteiger partial charge < -0.3 is 20.5 Å². The number of hydrogen-bond donors (Lipinski definition) is 4. The smallest absolute Gasteiger partial charge is 0.407 e. The Bertz CT molecular complexity index is 1520. The van der Waals surface area contributed by atoms with Crippen molar-refractivity contribution in [1.29, 1.82) is 0 Å². The van der Waals surface area contributed by atoms with Crippen molar-refractivity contribution in [3.63, 3.8) is 0 Å². The van der Waals surface area contributed by atoms with Crippen molar-refractivity contribution in [3.05, 3.63) is 125 Å². The van der Waals surface area contributed by atoms with Crippen LogP contribution in [-0.4, -0.2) is 70.4 Å². The minimum absolute atomic E-state index is 0.109. The summed E-state index contributed by atoms with van der Waals surface area (Å²) in [7, 11) is 1.41. The molecule has 0 bridgehead atoms. The molecule has 0 saturated carbocycles. The summed E-state index contributed by atoms with van der Waals surface area (Å²) in [6.07, 6.45) is 2.73. The topological polar surface area (TPSA) is 117 Å². The van der Waals surface area contributed by atoms with Crippen molar-refractivity contribution in [2.45, 2.75) is 42.3 Å². The molecule has 5 rings (SSSR count). The van der Waals surface area contributed by atoms with Crippen LogP contribution in [-0.2, 0) is 16.0 Å². The first kappa shape index (κ1) is 32.4. The average molecular weight is 646 g/mol. The lowest BCUT2D eigenvalue weighted by Crippen LogP contribution is -2.48. The minimum Gasteiger partial charge on any atom is -0.465 e. The molecule has 3 N–H and O–H groups in total. The third-order valence-electron chi connectivity index (χ3n) is 7.99. The molecular weight excluding hydrogens is 610 g/mol. The van der Waals surface area contributed by atoms with Crippen LogP contribution in [0.1, 0.15) is 40.0 Å². The van der Waals surface area contributed by atoms with E-state index in [1.165, 1.54) is 13.2 Å². The van der Waals surface area contributed by atoms with Gasteiger partial charge in [-0.1, -0.05) is 84.4 Å². The first-order valence-electron chi connectivity index (χ1n) is 14.8. The normalized spacial score (nSPS) is 17.8. The molecule has 0 spiro atoms. The zero-order chi connectivity index (χ0) is 31.8. The van der Waals surface area contributed by atoms with Gasteiger partial charge in [0.05, 0.1) is 23.2 Å². The highest BCUT2D eigenvalue weighted by atomic mass is 35.5. The summed E-state index contributed by atoms with van der Waals surface area (Å²) in [6, 6.07) is 25.4. The number of halogens is 1. The number of anilines is 1. The lowest BCUT2D eigenvalue weighted by molar-refractivity contribution is -0.120. The van der Waals surface area contributed by atoms with Gasteiger partial charge in [-0.3, -0.25) is 14.7 Å². The fourth-order valence-corrected chi connectivity index (χ4v) is 6.12. The van der Waals surface area contributed by atoms with Crippen LogP contribution in [0, 0.1) is 0 Å². The van der Waals surface area contributed by atoms with Crippen molar-refractivity contribution in [2.75, 3.05) is 25.5 Å². The summed E-state index contributed by atoms with van der Waals surface area (Å²) in [5.74, 6) is -0.780. The van der Waals surface area contributed by atoms with E-state index in [4.69, 9.17) is 29.0 Å². The van der Waals surface area contributed by atoms with Crippen LogP contribution in [0.5, 0.6) is 0 Å². The van der Waals surface area contributed by atoms with Gasteiger partial charge in [-0.05, 0) is 41.7 Å². The monoisotopic (exact) mass is 645 g/mol. The molecule has 4 aromatic rings. The molecule has 1 saturated heterocycles. The summed E-state index contributed by atoms with van der Waals surface area (Å²) in [4.78, 5) is 36.3. The van der Waals surface area contributed by atoms with Gasteiger partial charge in [-0.2, -0.15) is 12.6 Å². The molecule has 3 aromatic carbocycles. The third-order valence-corrected chi connectivity index (χ3v) is 8.87. The average Bonchev–Trinajstić information content (AvgIpc) is 3.07. The summed E-state index contributed by atoms with van der Waals surface area (Å²) in [6.45, 7) is 1.34. The second-order valence-corrected chi connectivity index (χ2v) is 12.0. The van der Waals surface area contributed by atoms with E-state index in [-0.39, 0.29) is 17.5 Å². The maximum absolute atomic E-state index is 14.0. The fourth-order valence-electron chi connectivity index (χ4n) is 5.65. The molecule has 1 aliphatic rings. The molecule has 234 valence electrons. The number of benzene rings is 3. The number of nitrogens with one attached hydrogen (secondary N) is 2. The van der Waals surface area contributed by atoms with Crippen molar-refractivity contribution < 1.29 is 19.4 Å². The van der Waals surface area contributed by atoms with Crippen LogP contribution in [0.25, 0.3) is 0 Å². The molecule has 1 aliphatic heterocycles. The second-order valence-electron chi connectivity index (χ2n) is 11.0. The van der Waals surface area contributed by atoms with E-state index in [0.29, 0.717) is 42.5 Å². The van der Waals surface area contributed by atoms with Crippen molar-refractivity contribution in [1.82, 2.24) is 20.2 Å². The van der Waals surface area contributed by atoms with Crippen LogP contribution in [0.15, 0.2) is 97.3 Å². The number of aromatic nitrogens is 2. The van der Waals surface area contributed by atoms with E-state index in [1.807, 2.05) is 84.9 Å². The Morgan fingerprint density at radius 2 is 1.60 bits per heavy atom. The summed E-state index contributed by atoms with van der Waals surface area (Å²) in [5, 5.41) is 16.9. The highest BCUT2D eigenvalue weighted by Crippen LogP contribution is 2.32. The third kappa shape index (κ3) is 8.20. The van der Waals surface area contributed by atoms with Crippen LogP contribution in [0.2, 0.25) is 5.02 Å². The molecule has 1 unspecified atom stereocenters. The molecule has 0 radical (unpaired) electrons. The Hall–Kier alpha value is -3.96. The first-order valence-corrected chi connectivity index (χ1v) is 15.7. The maximum Gasteiger partial charge on any atom is 0.407 e. The van der Waals surface area contributed by atoms with Crippen LogP contribution >= 0.6 is 24.2 Å². The van der Waals surface area contributed by atoms with Gasteiger partial charge in [0.2, 0.25) is 5.91 Å². The number of nitrogens with zero attached hydrogens (tertiary/aromatic N) is 3. The Labute approximate surface area is 273 Å². The van der Waals surface area contributed by atoms with Gasteiger partial charge >= 0.3 is 6.09 Å². The number of aryl methyl sites for hydroxylation is 1. The minimum atomic E-state index is -1.22. The van der Waals surface area contributed by atoms with Crippen LogP contribution in [0.3, 0.4) is 0 Å². The Kier molecular flexibility index (Phi) is 11.1. The van der Waals surface area contributed by atoms with E-state index in [0.717, 1.165) is 21.6 Å². The summed E-state index contributed by atoms with van der Waals surface area (Å²) in [5.41, 5.74) is 3.24. The van der Waals surface area contributed by atoms with E-state index in [9.17, 15) is 14.7 Å². The molecule has 2 heterocycles. The standard InChI is InChI=1S/C34H36ClN5O4S/c1-40(34(42)43)30(29(22-8-4-2-5-9-22)23-10-6-3-7-11-23)33(41)39-32-27(37-18-19-38-32)17-16-26-20-36-21-28(44-26)31(45)24-12-14-25(35)15-13-24/h2-15,18-19,26,28-31,36,45H,16-17,20-21H2,1H3,(H,42,43)(H,38,39,41)/t26-,28+,30+,31?/m1/s1. The van der Waals surface area contributed by atoms with Gasteiger partial charge in [0, 0.05) is 43.5 Å². The highest BCUT2D eigenvalue weighted by molar-refractivity contribution is 7.80. The van der Waals surface area contributed by atoms with Crippen LogP contribution < -0.4 is 10.6 Å². The molecule has 45 heavy (non-hydrogen) atoms. The highest BCUT2D eigenvalue weighted by Gasteiger charge is 2.37. The molecule has 0 aliphatic carbocycles. The number of morpholine rings is 1. The van der Waals surface area contributed by atoms with Gasteiger partial charge in [-0.15, -0.1) is 0 Å². The molecule has 1 fully saturated rings. The van der Waals surface area contributed by atoms with Crippen LogP contribution in [0.4, 0.5) is 10.6 Å². The molecular formula is C34H36ClN5O4S. The zero-order valence-corrected chi connectivity index (χ0v) is 26.4. The summed E-state index contributed by atoms with van der Waals surface area (Å²) < 4.78 is 6.42. The number of carbonyl (C=O) groups excluding carboxylic acids is 1. The van der Waals surface area contributed by atoms with E-state index >= 15 is 0 Å². The molecule has 4 atom stereocenters. The van der Waals surface area contributed by atoms with E-state index in [1.54, 1.807) is 6.20 Å². The largest absolute Gasteiger partial charge is 0.465 e. The number of ether oxygens (including phenoxy) is 1. The SMILES string of the molecule is CN(C(=O)O)[C@H](C(=O)Nc1nccnc1CC[C@@H]1CNC[C@@H](C(S)c2ccc(Cl)cc2)O1)C(c1ccccc1)c1ccccc1. The fraction of sp³-hybridized carbons (Fsp3) is 0.294. The first-order chi connectivity index (χ1) is 21.8. The Balaban J connectivity index is 1.32. The number of thiol groups is 1. The van der Waals surface area contributed by atoms with Crippen molar-refractivity contribution >= 4 is 42.0 Å². The number of likely N-dealkylation sites (N-methyl/N-ethyl adjacent to an activating group) is 1. The number of rotatable bonds is 11. The lowest BCUT2D eigenvalue weighted by atomic mass is 9.84. The van der Waals surface area contributed by atoms with Gasteiger partial charge in [0.15, 0.2) is 5.82 Å². The predicted octanol–water partition coefficient (Wildman–Crippen LogP) is 5.84. The molecule has 2 amide bonds. The molecule has 9 nitrogen and oxygen atoms in total. The quantitative estimate of drug-likeness (QED) is 0.152. The number of carboxylic acid groups (broad SMARTS) is 1. The number of hydrogen-bond acceptors (Lipinski definition) is 7. The van der Waals surface area contributed by atoms with Gasteiger partial charge in [0.25, 0.3) is 0 Å². The number of amides is 2. The molecule has 11 heteroatoms. The Morgan fingerprint density at radius 1 is 0.978 bits per heavy atom. The maximum atomic E-state index is 14.0. The lowest BCUT2D eigenvalue weighted by Gasteiger charge is -2.34. The van der Waals surface area contributed by atoms with Gasteiger partial charge in [0.1, 0.15) is 6.04 Å². The number of carbonyl (C=O) groups is 2. The predicted molar refractivity (Wildman–Crippen MR) is 178 cm³/mol.